The van der Waals surface area contributed by atoms with Gasteiger partial charge in [-0.2, -0.15) is 0 Å². The van der Waals surface area contributed by atoms with Gasteiger partial charge in [0.05, 0.1) is 0 Å². The Morgan fingerprint density at radius 2 is 2.05 bits per heavy atom. The number of halogens is 3. The van der Waals surface area contributed by atoms with Gasteiger partial charge in [0.15, 0.2) is 0 Å². The fourth-order valence-corrected chi connectivity index (χ4v) is 2.89. The molecule has 1 N–H and O–H groups in total. The Hall–Kier alpha value is -0.780. The fourth-order valence-electron chi connectivity index (χ4n) is 1.95. The fraction of sp³-hybridized carbons (Fsp3) is 0.214. The minimum absolute atomic E-state index is 0.0289. The van der Waals surface area contributed by atoms with Crippen LogP contribution in [0.15, 0.2) is 45.6 Å². The first-order chi connectivity index (χ1) is 9.10. The van der Waals surface area contributed by atoms with E-state index in [1.165, 1.54) is 6.07 Å². The van der Waals surface area contributed by atoms with E-state index in [0.717, 1.165) is 26.5 Å². The maximum absolute atomic E-state index is 13.4. The third-order valence-corrected chi connectivity index (χ3v) is 4.04. The van der Waals surface area contributed by atoms with Gasteiger partial charge in [0.2, 0.25) is 0 Å². The van der Waals surface area contributed by atoms with Gasteiger partial charge in [0.25, 0.3) is 0 Å². The van der Waals surface area contributed by atoms with E-state index in [2.05, 4.69) is 42.2 Å². The maximum Gasteiger partial charge on any atom is 0.123 e. The molecule has 0 bridgehead atoms. The molecule has 2 nitrogen and oxygen atoms in total. The molecule has 0 aliphatic heterocycles. The number of nitrogens with one attached hydrogen (secondary N) is 1. The van der Waals surface area contributed by atoms with Crippen LogP contribution in [-0.2, 0) is 6.42 Å². The molecular formula is C14H13Br2FN2. The van der Waals surface area contributed by atoms with Crippen LogP contribution in [0.4, 0.5) is 4.39 Å². The summed E-state index contributed by atoms with van der Waals surface area (Å²) >= 11 is 6.87. The second kappa shape index (κ2) is 6.59. The zero-order chi connectivity index (χ0) is 13.8. The van der Waals surface area contributed by atoms with Crippen LogP contribution in [0.5, 0.6) is 0 Å². The van der Waals surface area contributed by atoms with Crippen molar-refractivity contribution in [3.8, 4) is 0 Å². The van der Waals surface area contributed by atoms with Gasteiger partial charge in [0, 0.05) is 27.4 Å². The lowest BCUT2D eigenvalue weighted by Crippen LogP contribution is -2.19. The van der Waals surface area contributed by atoms with Crippen LogP contribution in [-0.4, -0.2) is 12.0 Å². The van der Waals surface area contributed by atoms with E-state index in [1.807, 2.05) is 19.3 Å². The smallest absolute Gasteiger partial charge is 0.123 e. The van der Waals surface area contributed by atoms with Crippen LogP contribution in [0, 0.1) is 5.82 Å². The van der Waals surface area contributed by atoms with Gasteiger partial charge in [-0.05, 0) is 64.8 Å². The van der Waals surface area contributed by atoms with E-state index in [-0.39, 0.29) is 11.9 Å². The lowest BCUT2D eigenvalue weighted by atomic mass is 10.00. The predicted molar refractivity (Wildman–Crippen MR) is 81.5 cm³/mol. The van der Waals surface area contributed by atoms with Crippen molar-refractivity contribution in [1.29, 1.82) is 0 Å². The summed E-state index contributed by atoms with van der Waals surface area (Å²) in [5, 5.41) is 3.21. The van der Waals surface area contributed by atoms with Crippen molar-refractivity contribution in [2.24, 2.45) is 0 Å². The van der Waals surface area contributed by atoms with Crippen molar-refractivity contribution < 1.29 is 4.39 Å². The highest BCUT2D eigenvalue weighted by atomic mass is 79.9. The molecule has 0 aliphatic carbocycles. The first-order valence-electron chi connectivity index (χ1n) is 5.82. The molecule has 0 fully saturated rings. The number of nitrogens with zero attached hydrogens (tertiary/aromatic N) is 1. The van der Waals surface area contributed by atoms with Crippen molar-refractivity contribution >= 4 is 31.9 Å². The van der Waals surface area contributed by atoms with Crippen LogP contribution in [0.2, 0.25) is 0 Å². The maximum atomic E-state index is 13.4. The number of pyridine rings is 1. The van der Waals surface area contributed by atoms with Gasteiger partial charge in [-0.3, -0.25) is 4.98 Å². The summed E-state index contributed by atoms with van der Waals surface area (Å²) in [6.45, 7) is 0. The molecule has 1 atom stereocenters. The van der Waals surface area contributed by atoms with Crippen molar-refractivity contribution in [3.05, 3.63) is 62.5 Å². The van der Waals surface area contributed by atoms with Gasteiger partial charge < -0.3 is 5.32 Å². The lowest BCUT2D eigenvalue weighted by Gasteiger charge is -2.18. The SMILES string of the molecule is CNC(Cc1cncc(Br)c1)c1cc(F)ccc1Br. The first-order valence-corrected chi connectivity index (χ1v) is 7.40. The Kier molecular flexibility index (Phi) is 5.07. The summed E-state index contributed by atoms with van der Waals surface area (Å²) in [7, 11) is 1.87. The summed E-state index contributed by atoms with van der Waals surface area (Å²) in [4.78, 5) is 4.14. The Balaban J connectivity index is 2.27. The zero-order valence-electron chi connectivity index (χ0n) is 10.3. The molecular weight excluding hydrogens is 375 g/mol. The summed E-state index contributed by atoms with van der Waals surface area (Å²) in [6, 6.07) is 6.78. The minimum Gasteiger partial charge on any atom is -0.313 e. The molecule has 0 saturated heterocycles. The van der Waals surface area contributed by atoms with Gasteiger partial charge in [-0.25, -0.2) is 4.39 Å². The molecule has 19 heavy (non-hydrogen) atoms. The molecule has 0 spiro atoms. The van der Waals surface area contributed by atoms with Gasteiger partial charge >= 0.3 is 0 Å². The molecule has 0 aliphatic rings. The summed E-state index contributed by atoms with van der Waals surface area (Å²) in [5.41, 5.74) is 1.99. The third-order valence-electron chi connectivity index (χ3n) is 2.88. The number of benzene rings is 1. The highest BCUT2D eigenvalue weighted by Gasteiger charge is 2.14. The first kappa shape index (κ1) is 14.6. The molecule has 0 saturated carbocycles. The van der Waals surface area contributed by atoms with E-state index in [1.54, 1.807) is 18.3 Å². The van der Waals surface area contributed by atoms with Gasteiger partial charge in [0.1, 0.15) is 5.82 Å². The standard InChI is InChI=1S/C14H13Br2FN2/c1-18-14(5-9-4-10(15)8-19-7-9)12-6-11(17)2-3-13(12)16/h2-4,6-8,14,18H,5H2,1H3. The number of hydrogen-bond acceptors (Lipinski definition) is 2. The Morgan fingerprint density at radius 1 is 1.26 bits per heavy atom. The molecule has 0 radical (unpaired) electrons. The summed E-state index contributed by atoms with van der Waals surface area (Å²) in [6.07, 6.45) is 4.31. The average Bonchev–Trinajstić information content (AvgIpc) is 2.39. The molecule has 2 rings (SSSR count). The molecule has 1 aromatic heterocycles. The number of hydrogen-bond donors (Lipinski definition) is 1. The highest BCUT2D eigenvalue weighted by Crippen LogP contribution is 2.27. The Bertz CT molecular complexity index is 575. The van der Waals surface area contributed by atoms with Crippen LogP contribution in [0.25, 0.3) is 0 Å². The monoisotopic (exact) mass is 386 g/mol. The average molecular weight is 388 g/mol. The van der Waals surface area contributed by atoms with E-state index >= 15 is 0 Å². The molecule has 2 aromatic rings. The van der Waals surface area contributed by atoms with Gasteiger partial charge in [-0.15, -0.1) is 0 Å². The normalized spacial score (nSPS) is 12.4. The molecule has 1 heterocycles. The van der Waals surface area contributed by atoms with Crippen molar-refractivity contribution in [1.82, 2.24) is 10.3 Å². The quantitative estimate of drug-likeness (QED) is 0.848. The summed E-state index contributed by atoms with van der Waals surface area (Å²) in [5.74, 6) is -0.231. The van der Waals surface area contributed by atoms with E-state index in [9.17, 15) is 4.39 Å². The number of likely N-dealkylation sites (N-methyl/N-ethyl adjacent to an activating group) is 1. The van der Waals surface area contributed by atoms with Crippen molar-refractivity contribution in [2.45, 2.75) is 12.5 Å². The lowest BCUT2D eigenvalue weighted by molar-refractivity contribution is 0.574. The Morgan fingerprint density at radius 3 is 2.74 bits per heavy atom. The summed E-state index contributed by atoms with van der Waals surface area (Å²) < 4.78 is 15.2. The van der Waals surface area contributed by atoms with Gasteiger partial charge in [-0.1, -0.05) is 15.9 Å². The molecule has 1 unspecified atom stereocenters. The second-order valence-electron chi connectivity index (χ2n) is 4.22. The zero-order valence-corrected chi connectivity index (χ0v) is 13.5. The second-order valence-corrected chi connectivity index (χ2v) is 5.99. The molecule has 100 valence electrons. The van der Waals surface area contributed by atoms with E-state index in [0.29, 0.717) is 0 Å². The van der Waals surface area contributed by atoms with Crippen LogP contribution in [0.3, 0.4) is 0 Å². The topological polar surface area (TPSA) is 24.9 Å². The number of aromatic nitrogens is 1. The number of rotatable bonds is 4. The van der Waals surface area contributed by atoms with Crippen LogP contribution >= 0.6 is 31.9 Å². The third kappa shape index (κ3) is 3.84. The minimum atomic E-state index is -0.231. The largest absolute Gasteiger partial charge is 0.313 e. The predicted octanol–water partition coefficient (Wildman–Crippen LogP) is 4.25. The van der Waals surface area contributed by atoms with Crippen molar-refractivity contribution in [2.75, 3.05) is 7.05 Å². The van der Waals surface area contributed by atoms with Crippen LogP contribution in [0.1, 0.15) is 17.2 Å². The highest BCUT2D eigenvalue weighted by molar-refractivity contribution is 9.10. The molecule has 5 heteroatoms. The molecule has 0 amide bonds. The van der Waals surface area contributed by atoms with Crippen molar-refractivity contribution in [3.63, 3.8) is 0 Å². The Labute approximate surface area is 128 Å². The van der Waals surface area contributed by atoms with Crippen LogP contribution < -0.4 is 5.32 Å². The van der Waals surface area contributed by atoms with E-state index in [4.69, 9.17) is 0 Å². The van der Waals surface area contributed by atoms with E-state index < -0.39 is 0 Å². The molecule has 1 aromatic carbocycles.